The maximum Gasteiger partial charge on any atom is 0.177 e. The first-order valence-electron chi connectivity index (χ1n) is 5.40. The van der Waals surface area contributed by atoms with E-state index in [0.29, 0.717) is 11.5 Å². The molecule has 0 aliphatic carbocycles. The molecule has 0 fully saturated rings. The third kappa shape index (κ3) is 3.27. The Kier molecular flexibility index (Phi) is 3.82. The summed E-state index contributed by atoms with van der Waals surface area (Å²) >= 11 is 3.33. The minimum Gasteiger partial charge on any atom is -0.455 e. The van der Waals surface area contributed by atoms with E-state index in [-0.39, 0.29) is 10.6 Å². The Morgan fingerprint density at radius 2 is 1.84 bits per heavy atom. The second kappa shape index (κ2) is 5.22. The molecule has 0 atom stereocenters. The monoisotopic (exact) mass is 341 g/mol. The molecule has 4 nitrogen and oxygen atoms in total. The molecule has 2 N–H and O–H groups in total. The third-order valence-corrected chi connectivity index (χ3v) is 4.10. The summed E-state index contributed by atoms with van der Waals surface area (Å²) in [4.78, 5) is 0.0694. The van der Waals surface area contributed by atoms with Gasteiger partial charge in [-0.15, -0.1) is 0 Å². The van der Waals surface area contributed by atoms with Crippen LogP contribution in [0, 0.1) is 0 Å². The molecule has 2 aromatic carbocycles. The minimum atomic E-state index is -3.37. The lowest BCUT2D eigenvalue weighted by molar-refractivity contribution is 0.483. The van der Waals surface area contributed by atoms with Crippen LogP contribution in [0.15, 0.2) is 51.8 Å². The van der Waals surface area contributed by atoms with Gasteiger partial charge in [-0.3, -0.25) is 0 Å². The van der Waals surface area contributed by atoms with Crippen molar-refractivity contribution in [3.63, 3.8) is 0 Å². The lowest BCUT2D eigenvalue weighted by Gasteiger charge is -2.11. The van der Waals surface area contributed by atoms with E-state index < -0.39 is 9.84 Å². The Hall–Kier alpha value is -1.53. The van der Waals surface area contributed by atoms with Crippen molar-refractivity contribution in [2.24, 2.45) is 0 Å². The van der Waals surface area contributed by atoms with Crippen LogP contribution in [-0.4, -0.2) is 14.7 Å². The van der Waals surface area contributed by atoms with Crippen molar-refractivity contribution in [1.82, 2.24) is 0 Å². The molecule has 0 radical (unpaired) electrons. The fraction of sp³-hybridized carbons (Fsp3) is 0.0769. The van der Waals surface area contributed by atoms with Crippen LogP contribution in [0.1, 0.15) is 0 Å². The average molecular weight is 342 g/mol. The number of nitrogens with two attached hydrogens (primary N) is 1. The van der Waals surface area contributed by atoms with Gasteiger partial charge < -0.3 is 10.5 Å². The van der Waals surface area contributed by atoms with Gasteiger partial charge in [0.05, 0.1) is 10.6 Å². The van der Waals surface area contributed by atoms with Crippen LogP contribution in [0.4, 0.5) is 5.69 Å². The topological polar surface area (TPSA) is 69.4 Å². The Morgan fingerprint density at radius 3 is 2.47 bits per heavy atom. The highest BCUT2D eigenvalue weighted by atomic mass is 79.9. The summed E-state index contributed by atoms with van der Waals surface area (Å²) < 4.78 is 29.6. The molecular weight excluding hydrogens is 330 g/mol. The van der Waals surface area contributed by atoms with Gasteiger partial charge in [-0.2, -0.15) is 0 Å². The summed E-state index contributed by atoms with van der Waals surface area (Å²) in [5.41, 5.74) is 5.96. The smallest absolute Gasteiger partial charge is 0.177 e. The maximum absolute atomic E-state index is 11.6. The third-order valence-electron chi connectivity index (χ3n) is 2.45. The van der Waals surface area contributed by atoms with Crippen molar-refractivity contribution in [3.05, 3.63) is 46.9 Å². The number of sulfone groups is 1. The van der Waals surface area contributed by atoms with E-state index >= 15 is 0 Å². The van der Waals surface area contributed by atoms with Crippen LogP contribution in [0.3, 0.4) is 0 Å². The van der Waals surface area contributed by atoms with Gasteiger partial charge >= 0.3 is 0 Å². The van der Waals surface area contributed by atoms with Crippen molar-refractivity contribution in [2.75, 3.05) is 12.0 Å². The van der Waals surface area contributed by atoms with Gasteiger partial charge in [0.1, 0.15) is 5.75 Å². The predicted molar refractivity (Wildman–Crippen MR) is 78.2 cm³/mol. The second-order valence-electron chi connectivity index (χ2n) is 4.00. The van der Waals surface area contributed by atoms with Crippen molar-refractivity contribution in [3.8, 4) is 11.5 Å². The maximum atomic E-state index is 11.6. The fourth-order valence-electron chi connectivity index (χ4n) is 1.59. The molecule has 0 aliphatic heterocycles. The van der Waals surface area contributed by atoms with Crippen molar-refractivity contribution >= 4 is 31.5 Å². The van der Waals surface area contributed by atoms with Gasteiger partial charge in [-0.25, -0.2) is 8.42 Å². The zero-order valence-corrected chi connectivity index (χ0v) is 12.5. The quantitative estimate of drug-likeness (QED) is 0.870. The Bertz CT molecular complexity index is 714. The average Bonchev–Trinajstić information content (AvgIpc) is 2.30. The Balaban J connectivity index is 2.42. The van der Waals surface area contributed by atoms with Crippen LogP contribution in [0.5, 0.6) is 11.5 Å². The predicted octanol–water partition coefficient (Wildman–Crippen LogP) is 3.23. The zero-order chi connectivity index (χ0) is 14.0. The molecule has 0 aliphatic rings. The van der Waals surface area contributed by atoms with E-state index in [0.717, 1.165) is 10.7 Å². The highest BCUT2D eigenvalue weighted by molar-refractivity contribution is 9.10. The number of nitrogen functional groups attached to an aromatic ring is 1. The number of hydrogen-bond acceptors (Lipinski definition) is 4. The first kappa shape index (κ1) is 13.9. The normalized spacial score (nSPS) is 11.3. The number of halogens is 1. The highest BCUT2D eigenvalue weighted by Crippen LogP contribution is 2.33. The summed E-state index contributed by atoms with van der Waals surface area (Å²) in [6.07, 6.45) is 1.11. The standard InChI is InChI=1S/C13H12BrNO3S/c1-19(16,17)12-7-3-6-11(13(12)15)18-10-5-2-4-9(14)8-10/h2-8H,15H2,1H3. The minimum absolute atomic E-state index is 0.0694. The molecule has 0 spiro atoms. The molecule has 2 rings (SSSR count). The lowest BCUT2D eigenvalue weighted by Crippen LogP contribution is -2.03. The number of anilines is 1. The molecule has 0 aromatic heterocycles. The van der Waals surface area contributed by atoms with E-state index in [2.05, 4.69) is 15.9 Å². The number of hydrogen-bond donors (Lipinski definition) is 1. The molecule has 0 saturated carbocycles. The second-order valence-corrected chi connectivity index (χ2v) is 6.90. The van der Waals surface area contributed by atoms with Gasteiger partial charge in [0.2, 0.25) is 0 Å². The summed E-state index contributed by atoms with van der Waals surface area (Å²) in [6.45, 7) is 0. The van der Waals surface area contributed by atoms with Crippen LogP contribution < -0.4 is 10.5 Å². The van der Waals surface area contributed by atoms with E-state index in [1.165, 1.54) is 6.07 Å². The molecule has 0 amide bonds. The largest absolute Gasteiger partial charge is 0.455 e. The van der Waals surface area contributed by atoms with Crippen molar-refractivity contribution < 1.29 is 13.2 Å². The number of rotatable bonds is 3. The summed E-state index contributed by atoms with van der Waals surface area (Å²) in [6, 6.07) is 11.9. The van der Waals surface area contributed by atoms with Gasteiger partial charge in [-0.1, -0.05) is 28.1 Å². The molecule has 0 unspecified atom stereocenters. The Labute approximate surface area is 120 Å². The van der Waals surface area contributed by atoms with Gasteiger partial charge in [0.15, 0.2) is 15.6 Å². The summed E-state index contributed by atoms with van der Waals surface area (Å²) in [5, 5.41) is 0. The molecule has 0 heterocycles. The summed E-state index contributed by atoms with van der Waals surface area (Å²) in [5.74, 6) is 0.896. The number of benzene rings is 2. The van der Waals surface area contributed by atoms with Crippen molar-refractivity contribution in [1.29, 1.82) is 0 Å². The van der Waals surface area contributed by atoms with Crippen LogP contribution in [-0.2, 0) is 9.84 Å². The van der Waals surface area contributed by atoms with Crippen LogP contribution in [0.2, 0.25) is 0 Å². The van der Waals surface area contributed by atoms with E-state index in [9.17, 15) is 8.42 Å². The van der Waals surface area contributed by atoms with E-state index in [1.807, 2.05) is 12.1 Å². The number of ether oxygens (including phenoxy) is 1. The van der Waals surface area contributed by atoms with Gasteiger partial charge in [0.25, 0.3) is 0 Å². The molecule has 0 saturated heterocycles. The van der Waals surface area contributed by atoms with Crippen LogP contribution >= 0.6 is 15.9 Å². The molecule has 0 bridgehead atoms. The van der Waals surface area contributed by atoms with Crippen LogP contribution in [0.25, 0.3) is 0 Å². The van der Waals surface area contributed by atoms with Crippen molar-refractivity contribution in [2.45, 2.75) is 4.90 Å². The van der Waals surface area contributed by atoms with Gasteiger partial charge in [0, 0.05) is 10.7 Å². The zero-order valence-electron chi connectivity index (χ0n) is 10.1. The molecule has 19 heavy (non-hydrogen) atoms. The van der Waals surface area contributed by atoms with Gasteiger partial charge in [-0.05, 0) is 30.3 Å². The first-order chi connectivity index (χ1) is 8.88. The Morgan fingerprint density at radius 1 is 1.16 bits per heavy atom. The molecule has 100 valence electrons. The van der Waals surface area contributed by atoms with E-state index in [1.54, 1.807) is 24.3 Å². The lowest BCUT2D eigenvalue weighted by atomic mass is 10.3. The SMILES string of the molecule is CS(=O)(=O)c1cccc(Oc2cccc(Br)c2)c1N. The molecular formula is C13H12BrNO3S. The molecule has 2 aromatic rings. The molecule has 6 heteroatoms. The number of para-hydroxylation sites is 1. The van der Waals surface area contributed by atoms with E-state index in [4.69, 9.17) is 10.5 Å². The first-order valence-corrected chi connectivity index (χ1v) is 8.08. The highest BCUT2D eigenvalue weighted by Gasteiger charge is 2.15. The fourth-order valence-corrected chi connectivity index (χ4v) is 2.80. The summed E-state index contributed by atoms with van der Waals surface area (Å²) in [7, 11) is -3.37.